The Bertz CT molecular complexity index is 495. The Balaban J connectivity index is 0.00000242. The number of benzene rings is 1. The van der Waals surface area contributed by atoms with Gasteiger partial charge < -0.3 is 19.7 Å². The lowest BCUT2D eigenvalue weighted by Crippen LogP contribution is -2.43. The van der Waals surface area contributed by atoms with Crippen LogP contribution in [0.4, 0.5) is 0 Å². The maximum absolute atomic E-state index is 12.6. The Morgan fingerprint density at radius 2 is 1.73 bits per heavy atom. The van der Waals surface area contributed by atoms with E-state index in [0.717, 1.165) is 30.4 Å². The van der Waals surface area contributed by atoms with E-state index in [0.29, 0.717) is 23.1 Å². The number of amides is 1. The lowest BCUT2D eigenvalue weighted by Gasteiger charge is -2.32. The zero-order valence-electron chi connectivity index (χ0n) is 13.0. The van der Waals surface area contributed by atoms with Gasteiger partial charge in [-0.25, -0.2) is 0 Å². The normalized spacial score (nSPS) is 15.2. The van der Waals surface area contributed by atoms with Crippen LogP contribution in [0.2, 0.25) is 0 Å². The molecule has 5 nitrogen and oxygen atoms in total. The zero-order chi connectivity index (χ0) is 15.4. The molecular formula is C15H22BrClN2O3. The number of likely N-dealkylation sites (tertiary alicyclic amines) is 1. The lowest BCUT2D eigenvalue weighted by molar-refractivity contribution is 0.0706. The molecule has 7 heteroatoms. The number of nitrogens with zero attached hydrogens (tertiary/aromatic N) is 1. The zero-order valence-corrected chi connectivity index (χ0v) is 15.4. The van der Waals surface area contributed by atoms with E-state index in [9.17, 15) is 4.79 Å². The molecule has 124 valence electrons. The third-order valence-electron chi connectivity index (χ3n) is 3.88. The molecule has 1 amide bonds. The van der Waals surface area contributed by atoms with Crippen molar-refractivity contribution in [1.29, 1.82) is 0 Å². The quantitative estimate of drug-likeness (QED) is 0.854. The molecule has 1 aromatic rings. The fourth-order valence-corrected chi connectivity index (χ4v) is 3.10. The van der Waals surface area contributed by atoms with Crippen LogP contribution >= 0.6 is 28.3 Å². The summed E-state index contributed by atoms with van der Waals surface area (Å²) < 4.78 is 11.3. The second-order valence-electron chi connectivity index (χ2n) is 5.05. The first-order valence-electron chi connectivity index (χ1n) is 6.98. The number of rotatable bonds is 4. The topological polar surface area (TPSA) is 50.8 Å². The first-order valence-corrected chi connectivity index (χ1v) is 7.78. The van der Waals surface area contributed by atoms with E-state index in [1.165, 1.54) is 0 Å². The first-order chi connectivity index (χ1) is 10.1. The molecule has 0 spiro atoms. The molecule has 1 fully saturated rings. The van der Waals surface area contributed by atoms with Crippen molar-refractivity contribution in [2.45, 2.75) is 18.9 Å². The molecule has 0 aromatic heterocycles. The van der Waals surface area contributed by atoms with E-state index < -0.39 is 0 Å². The summed E-state index contributed by atoms with van der Waals surface area (Å²) in [6.45, 7) is 1.54. The largest absolute Gasteiger partial charge is 0.495 e. The standard InChI is InChI=1S/C15H21BrN2O3.ClH/c1-17-11-4-6-18(7-5-11)15(19)10-8-12(20-2)14(16)13(9-10)21-3;/h8-9,11,17H,4-7H2,1-3H3;1H. The third kappa shape index (κ3) is 4.06. The average molecular weight is 394 g/mol. The van der Waals surface area contributed by atoms with Gasteiger partial charge in [-0.05, 0) is 48.0 Å². The second-order valence-corrected chi connectivity index (χ2v) is 5.84. The number of nitrogens with one attached hydrogen (secondary N) is 1. The molecular weight excluding hydrogens is 372 g/mol. The number of ether oxygens (including phenoxy) is 2. The van der Waals surface area contributed by atoms with Crippen LogP contribution in [0, 0.1) is 0 Å². The molecule has 22 heavy (non-hydrogen) atoms. The van der Waals surface area contributed by atoms with E-state index in [1.54, 1.807) is 26.4 Å². The van der Waals surface area contributed by atoms with Crippen molar-refractivity contribution in [1.82, 2.24) is 10.2 Å². The highest BCUT2D eigenvalue weighted by Gasteiger charge is 2.24. The van der Waals surface area contributed by atoms with Gasteiger partial charge in [-0.3, -0.25) is 4.79 Å². The van der Waals surface area contributed by atoms with Crippen LogP contribution in [0.25, 0.3) is 0 Å². The SMILES string of the molecule is CNC1CCN(C(=O)c2cc(OC)c(Br)c(OC)c2)CC1.Cl. The van der Waals surface area contributed by atoms with Crippen molar-refractivity contribution < 1.29 is 14.3 Å². The third-order valence-corrected chi connectivity index (χ3v) is 4.66. The highest BCUT2D eigenvalue weighted by molar-refractivity contribution is 9.10. The van der Waals surface area contributed by atoms with Crippen LogP contribution in [-0.2, 0) is 0 Å². The Hall–Kier alpha value is -0.980. The summed E-state index contributed by atoms with van der Waals surface area (Å²) in [7, 11) is 5.12. The van der Waals surface area contributed by atoms with Crippen LogP contribution in [0.1, 0.15) is 23.2 Å². The van der Waals surface area contributed by atoms with Crippen LogP contribution in [0.3, 0.4) is 0 Å². The second kappa shape index (κ2) is 8.60. The van der Waals surface area contributed by atoms with Gasteiger partial charge >= 0.3 is 0 Å². The van der Waals surface area contributed by atoms with Crippen LogP contribution in [0.5, 0.6) is 11.5 Å². The fraction of sp³-hybridized carbons (Fsp3) is 0.533. The number of piperidine rings is 1. The summed E-state index contributed by atoms with van der Waals surface area (Å²) in [6, 6.07) is 4.00. The molecule has 0 aliphatic carbocycles. The summed E-state index contributed by atoms with van der Waals surface area (Å²) in [5.74, 6) is 1.22. The van der Waals surface area contributed by atoms with Crippen molar-refractivity contribution in [3.05, 3.63) is 22.2 Å². The molecule has 1 N–H and O–H groups in total. The van der Waals surface area contributed by atoms with Crippen molar-refractivity contribution in [2.75, 3.05) is 34.4 Å². The van der Waals surface area contributed by atoms with E-state index in [4.69, 9.17) is 9.47 Å². The summed E-state index contributed by atoms with van der Waals surface area (Å²) in [5, 5.41) is 3.26. The summed E-state index contributed by atoms with van der Waals surface area (Å²) in [5.41, 5.74) is 0.592. The molecule has 0 unspecified atom stereocenters. The molecule has 0 bridgehead atoms. The molecule has 1 aliphatic rings. The van der Waals surface area contributed by atoms with Gasteiger partial charge in [-0.1, -0.05) is 0 Å². The Morgan fingerprint density at radius 3 is 2.14 bits per heavy atom. The van der Waals surface area contributed by atoms with Crippen molar-refractivity contribution >= 4 is 34.2 Å². The van der Waals surface area contributed by atoms with Gasteiger partial charge in [0.25, 0.3) is 5.91 Å². The van der Waals surface area contributed by atoms with Crippen LogP contribution in [-0.4, -0.2) is 51.2 Å². The first kappa shape index (κ1) is 19.1. The maximum atomic E-state index is 12.6. The minimum absolute atomic E-state index is 0. The summed E-state index contributed by atoms with van der Waals surface area (Å²) in [6.07, 6.45) is 1.96. The average Bonchev–Trinajstić information content (AvgIpc) is 2.54. The van der Waals surface area contributed by atoms with Gasteiger partial charge in [-0.2, -0.15) is 0 Å². The Labute approximate surface area is 145 Å². The lowest BCUT2D eigenvalue weighted by atomic mass is 10.0. The predicted octanol–water partition coefficient (Wildman–Crippen LogP) is 2.71. The van der Waals surface area contributed by atoms with Crippen LogP contribution in [0.15, 0.2) is 16.6 Å². The van der Waals surface area contributed by atoms with E-state index >= 15 is 0 Å². The molecule has 1 saturated heterocycles. The molecule has 0 saturated carbocycles. The smallest absolute Gasteiger partial charge is 0.254 e. The minimum Gasteiger partial charge on any atom is -0.495 e. The van der Waals surface area contributed by atoms with Crippen molar-refractivity contribution in [3.63, 3.8) is 0 Å². The number of carbonyl (C=O) groups is 1. The highest BCUT2D eigenvalue weighted by Crippen LogP contribution is 2.36. The van der Waals surface area contributed by atoms with Gasteiger partial charge in [0.2, 0.25) is 0 Å². The number of halogens is 2. The number of carbonyl (C=O) groups excluding carboxylic acids is 1. The maximum Gasteiger partial charge on any atom is 0.254 e. The van der Waals surface area contributed by atoms with Gasteiger partial charge in [0, 0.05) is 24.7 Å². The Morgan fingerprint density at radius 1 is 1.23 bits per heavy atom. The number of hydrogen-bond donors (Lipinski definition) is 1. The van der Waals surface area contributed by atoms with Gasteiger partial charge in [0.05, 0.1) is 14.2 Å². The van der Waals surface area contributed by atoms with Crippen molar-refractivity contribution in [2.24, 2.45) is 0 Å². The van der Waals surface area contributed by atoms with Gasteiger partial charge in [-0.15, -0.1) is 12.4 Å². The number of hydrogen-bond acceptors (Lipinski definition) is 4. The predicted molar refractivity (Wildman–Crippen MR) is 92.5 cm³/mol. The van der Waals surface area contributed by atoms with Gasteiger partial charge in [0.15, 0.2) is 0 Å². The highest BCUT2D eigenvalue weighted by atomic mass is 79.9. The molecule has 1 aromatic carbocycles. The molecule has 0 atom stereocenters. The summed E-state index contributed by atoms with van der Waals surface area (Å²) >= 11 is 3.41. The monoisotopic (exact) mass is 392 g/mol. The Kier molecular flexibility index (Phi) is 7.45. The van der Waals surface area contributed by atoms with Crippen LogP contribution < -0.4 is 14.8 Å². The fourth-order valence-electron chi connectivity index (χ4n) is 2.55. The molecule has 1 heterocycles. The van der Waals surface area contributed by atoms with E-state index in [1.807, 2.05) is 11.9 Å². The van der Waals surface area contributed by atoms with Gasteiger partial charge in [0.1, 0.15) is 16.0 Å². The minimum atomic E-state index is 0. The van der Waals surface area contributed by atoms with Crippen molar-refractivity contribution in [3.8, 4) is 11.5 Å². The molecule has 2 rings (SSSR count). The van der Waals surface area contributed by atoms with E-state index in [2.05, 4.69) is 21.2 Å². The molecule has 0 radical (unpaired) electrons. The number of methoxy groups -OCH3 is 2. The summed E-state index contributed by atoms with van der Waals surface area (Å²) in [4.78, 5) is 14.5. The van der Waals surface area contributed by atoms with E-state index in [-0.39, 0.29) is 18.3 Å². The molecule has 1 aliphatic heterocycles.